The van der Waals surface area contributed by atoms with E-state index in [0.717, 1.165) is 16.7 Å². The van der Waals surface area contributed by atoms with Crippen LogP contribution in [0.25, 0.3) is 22.0 Å². The van der Waals surface area contributed by atoms with Gasteiger partial charge >= 0.3 is 6.61 Å². The summed E-state index contributed by atoms with van der Waals surface area (Å²) in [5, 5.41) is 9.71. The van der Waals surface area contributed by atoms with Crippen molar-refractivity contribution >= 4 is 22.8 Å². The zero-order chi connectivity index (χ0) is 30.8. The second-order valence-corrected chi connectivity index (χ2v) is 11.0. The van der Waals surface area contributed by atoms with Crippen LogP contribution >= 0.6 is 0 Å². The Labute approximate surface area is 247 Å². The van der Waals surface area contributed by atoms with E-state index in [0.29, 0.717) is 48.5 Å². The maximum Gasteiger partial charge on any atom is 0.387 e. The molecular formula is C31H33F2N7O3. The largest absolute Gasteiger partial charge is 0.434 e. The van der Waals surface area contributed by atoms with Crippen molar-refractivity contribution in [3.05, 3.63) is 70.3 Å². The van der Waals surface area contributed by atoms with Gasteiger partial charge in [0.2, 0.25) is 11.9 Å². The summed E-state index contributed by atoms with van der Waals surface area (Å²) in [5.74, 6) is 0.387. The molecule has 4 aromatic rings. The molecule has 0 spiro atoms. The number of nitrogens with zero attached hydrogens (tertiary/aromatic N) is 7. The molecule has 1 aliphatic heterocycles. The van der Waals surface area contributed by atoms with Gasteiger partial charge in [0.05, 0.1) is 23.5 Å². The number of ether oxygens (including phenoxy) is 1. The predicted molar refractivity (Wildman–Crippen MR) is 158 cm³/mol. The maximum atomic E-state index is 13.2. The Kier molecular flexibility index (Phi) is 8.43. The van der Waals surface area contributed by atoms with Crippen molar-refractivity contribution in [1.82, 2.24) is 24.2 Å². The fraction of sp³-hybridized carbons (Fsp3) is 0.387. The standard InChI is InChI=1S/C31H33F2N7O3/c1-19(14-34)11-22-5-8-28(43-30(32)33)24(12-22)18-40-27-13-23(6-7-26(27)29(42)37(40)4)25-15-35-31(36-16-25)38-9-10-39(21(3)41)20(2)17-38/h5-8,12-13,15-16,19-20,30H,9-11,17-18H2,1-4H3. The van der Waals surface area contributed by atoms with Crippen molar-refractivity contribution in [2.45, 2.75) is 46.4 Å². The van der Waals surface area contributed by atoms with Crippen LogP contribution in [0.15, 0.2) is 53.6 Å². The van der Waals surface area contributed by atoms with E-state index in [-0.39, 0.29) is 35.7 Å². The number of amides is 1. The first-order valence-corrected chi connectivity index (χ1v) is 14.1. The normalized spacial score (nSPS) is 16.0. The van der Waals surface area contributed by atoms with Crippen LogP contribution in [0, 0.1) is 17.2 Å². The number of carbonyl (C=O) groups is 1. The number of aromatic nitrogens is 4. The minimum Gasteiger partial charge on any atom is -0.434 e. The molecule has 0 radical (unpaired) electrons. The van der Waals surface area contributed by atoms with Gasteiger partial charge in [0.1, 0.15) is 5.75 Å². The predicted octanol–water partition coefficient (Wildman–Crippen LogP) is 4.21. The summed E-state index contributed by atoms with van der Waals surface area (Å²) in [6.45, 7) is 4.33. The van der Waals surface area contributed by atoms with E-state index < -0.39 is 6.61 Å². The first-order chi connectivity index (χ1) is 20.5. The zero-order valence-electron chi connectivity index (χ0n) is 24.5. The Bertz CT molecular complexity index is 1740. The molecule has 43 heavy (non-hydrogen) atoms. The van der Waals surface area contributed by atoms with E-state index in [2.05, 4.69) is 20.9 Å². The van der Waals surface area contributed by atoms with E-state index >= 15 is 0 Å². The van der Waals surface area contributed by atoms with Gasteiger partial charge in [-0.1, -0.05) is 18.2 Å². The van der Waals surface area contributed by atoms with E-state index in [1.165, 1.54) is 10.7 Å². The third kappa shape index (κ3) is 6.21. The molecule has 10 nitrogen and oxygen atoms in total. The molecule has 2 unspecified atom stereocenters. The highest BCUT2D eigenvalue weighted by atomic mass is 19.3. The molecule has 5 rings (SSSR count). The first kappa shape index (κ1) is 29.7. The summed E-state index contributed by atoms with van der Waals surface area (Å²) < 4.78 is 34.5. The second kappa shape index (κ2) is 12.2. The van der Waals surface area contributed by atoms with Gasteiger partial charge in [-0.2, -0.15) is 14.0 Å². The van der Waals surface area contributed by atoms with Crippen LogP contribution in [-0.2, 0) is 24.8 Å². The fourth-order valence-electron chi connectivity index (χ4n) is 5.64. The second-order valence-electron chi connectivity index (χ2n) is 11.0. The molecular weight excluding hydrogens is 556 g/mol. The third-order valence-corrected chi connectivity index (χ3v) is 7.87. The maximum absolute atomic E-state index is 13.2. The molecule has 1 aliphatic rings. The minimum absolute atomic E-state index is 0.0104. The van der Waals surface area contributed by atoms with Crippen LogP contribution in [0.2, 0.25) is 0 Å². The van der Waals surface area contributed by atoms with Gasteiger partial charge in [0.25, 0.3) is 5.56 Å². The topological polar surface area (TPSA) is 109 Å². The highest BCUT2D eigenvalue weighted by Crippen LogP contribution is 2.28. The number of anilines is 1. The van der Waals surface area contributed by atoms with Crippen LogP contribution in [-0.4, -0.2) is 62.4 Å². The molecule has 12 heteroatoms. The van der Waals surface area contributed by atoms with Crippen molar-refractivity contribution in [2.75, 3.05) is 24.5 Å². The molecule has 1 fully saturated rings. The van der Waals surface area contributed by atoms with E-state index in [1.54, 1.807) is 56.2 Å². The van der Waals surface area contributed by atoms with Crippen molar-refractivity contribution in [1.29, 1.82) is 5.26 Å². The molecule has 0 N–H and O–H groups in total. The Balaban J connectivity index is 1.46. The Morgan fingerprint density at radius 3 is 2.53 bits per heavy atom. The highest BCUT2D eigenvalue weighted by Gasteiger charge is 2.26. The monoisotopic (exact) mass is 589 g/mol. The molecule has 3 heterocycles. The SMILES string of the molecule is CC(=O)N1CCN(c2ncc(-c3ccc4c(=O)n(C)n(Cc5cc(CC(C)C#N)ccc5OC(F)F)c4c3)cn2)CC1C. The Hall–Kier alpha value is -4.79. The van der Waals surface area contributed by atoms with Crippen molar-refractivity contribution in [2.24, 2.45) is 13.0 Å². The third-order valence-electron chi connectivity index (χ3n) is 7.87. The Morgan fingerprint density at radius 2 is 1.88 bits per heavy atom. The summed E-state index contributed by atoms with van der Waals surface area (Å²) in [5.41, 5.74) is 3.20. The van der Waals surface area contributed by atoms with Gasteiger partial charge < -0.3 is 14.5 Å². The molecule has 0 saturated carbocycles. The summed E-state index contributed by atoms with van der Waals surface area (Å²) >= 11 is 0. The summed E-state index contributed by atoms with van der Waals surface area (Å²) in [4.78, 5) is 38.0. The molecule has 2 aromatic carbocycles. The van der Waals surface area contributed by atoms with Gasteiger partial charge in [0.15, 0.2) is 0 Å². The van der Waals surface area contributed by atoms with Crippen molar-refractivity contribution in [3.8, 4) is 22.9 Å². The summed E-state index contributed by atoms with van der Waals surface area (Å²) in [7, 11) is 1.63. The van der Waals surface area contributed by atoms with Crippen LogP contribution in [0.1, 0.15) is 31.9 Å². The van der Waals surface area contributed by atoms with E-state index in [1.807, 2.05) is 24.0 Å². The van der Waals surface area contributed by atoms with Gasteiger partial charge in [0, 0.05) is 69.1 Å². The number of fused-ring (bicyclic) bond motifs is 1. The van der Waals surface area contributed by atoms with Crippen LogP contribution in [0.4, 0.5) is 14.7 Å². The van der Waals surface area contributed by atoms with E-state index in [4.69, 9.17) is 4.74 Å². The van der Waals surface area contributed by atoms with Crippen LogP contribution < -0.4 is 15.2 Å². The lowest BCUT2D eigenvalue weighted by molar-refractivity contribution is -0.131. The number of alkyl halides is 2. The van der Waals surface area contributed by atoms with Crippen LogP contribution in [0.3, 0.4) is 0 Å². The number of rotatable bonds is 8. The average Bonchev–Trinajstić information content (AvgIpc) is 3.22. The molecule has 1 saturated heterocycles. The lowest BCUT2D eigenvalue weighted by Crippen LogP contribution is -2.53. The quantitative estimate of drug-likeness (QED) is 0.303. The smallest absolute Gasteiger partial charge is 0.387 e. The molecule has 0 aliphatic carbocycles. The number of nitriles is 1. The number of halogens is 2. The lowest BCUT2D eigenvalue weighted by atomic mass is 10.00. The van der Waals surface area contributed by atoms with E-state index in [9.17, 15) is 23.6 Å². The number of benzene rings is 2. The number of hydrogen-bond acceptors (Lipinski definition) is 7. The molecule has 2 aromatic heterocycles. The first-order valence-electron chi connectivity index (χ1n) is 14.1. The van der Waals surface area contributed by atoms with Crippen molar-refractivity contribution < 1.29 is 18.3 Å². The van der Waals surface area contributed by atoms with Gasteiger partial charge in [-0.25, -0.2) is 9.97 Å². The molecule has 0 bridgehead atoms. The van der Waals surface area contributed by atoms with Crippen LogP contribution in [0.5, 0.6) is 5.75 Å². The minimum atomic E-state index is -3.01. The Morgan fingerprint density at radius 1 is 1.14 bits per heavy atom. The molecule has 2 atom stereocenters. The number of hydrogen-bond donors (Lipinski definition) is 0. The van der Waals surface area contributed by atoms with Crippen molar-refractivity contribution in [3.63, 3.8) is 0 Å². The fourth-order valence-corrected chi connectivity index (χ4v) is 5.64. The summed E-state index contributed by atoms with van der Waals surface area (Å²) in [6.07, 6.45) is 3.91. The lowest BCUT2D eigenvalue weighted by Gasteiger charge is -2.39. The van der Waals surface area contributed by atoms with Gasteiger partial charge in [-0.15, -0.1) is 0 Å². The number of piperazine rings is 1. The van der Waals surface area contributed by atoms with Gasteiger partial charge in [-0.05, 0) is 49.6 Å². The zero-order valence-corrected chi connectivity index (χ0v) is 24.5. The highest BCUT2D eigenvalue weighted by molar-refractivity contribution is 5.84. The average molecular weight is 590 g/mol. The summed E-state index contributed by atoms with van der Waals surface area (Å²) in [6, 6.07) is 12.6. The van der Waals surface area contributed by atoms with Gasteiger partial charge in [-0.3, -0.25) is 19.0 Å². The molecule has 224 valence electrons. The number of carbonyl (C=O) groups excluding carboxylic acids is 1. The molecule has 1 amide bonds.